The summed E-state index contributed by atoms with van der Waals surface area (Å²) in [5, 5.41) is 3.72. The fourth-order valence-corrected chi connectivity index (χ4v) is 1.72. The summed E-state index contributed by atoms with van der Waals surface area (Å²) in [6.07, 6.45) is 1.07. The van der Waals surface area contributed by atoms with Crippen LogP contribution in [0.25, 0.3) is 11.3 Å². The minimum atomic E-state index is -0.456. The van der Waals surface area contributed by atoms with E-state index in [-0.39, 0.29) is 11.0 Å². The first-order valence-corrected chi connectivity index (χ1v) is 4.80. The van der Waals surface area contributed by atoms with Gasteiger partial charge in [-0.1, -0.05) is 0 Å². The SMILES string of the molecule is Fc1cnc(Cl)nc1-c1ccsc1. The van der Waals surface area contributed by atoms with Crippen LogP contribution in [0.1, 0.15) is 0 Å². The van der Waals surface area contributed by atoms with E-state index >= 15 is 0 Å². The van der Waals surface area contributed by atoms with Gasteiger partial charge in [0.15, 0.2) is 5.82 Å². The molecule has 0 fully saturated rings. The van der Waals surface area contributed by atoms with Crippen molar-refractivity contribution in [1.29, 1.82) is 0 Å². The zero-order valence-corrected chi connectivity index (χ0v) is 7.94. The third-order valence-electron chi connectivity index (χ3n) is 1.51. The van der Waals surface area contributed by atoms with Crippen molar-refractivity contribution in [1.82, 2.24) is 9.97 Å². The zero-order chi connectivity index (χ0) is 9.26. The summed E-state index contributed by atoms with van der Waals surface area (Å²) >= 11 is 7.03. The zero-order valence-electron chi connectivity index (χ0n) is 6.37. The number of halogens is 2. The number of hydrogen-bond acceptors (Lipinski definition) is 3. The Bertz CT molecular complexity index is 416. The van der Waals surface area contributed by atoms with Gasteiger partial charge in [0.25, 0.3) is 0 Å². The van der Waals surface area contributed by atoms with Gasteiger partial charge in [0.05, 0.1) is 6.20 Å². The second kappa shape index (κ2) is 3.40. The summed E-state index contributed by atoms with van der Waals surface area (Å²) in [5.41, 5.74) is 0.980. The Balaban J connectivity index is 2.57. The Morgan fingerprint density at radius 2 is 2.31 bits per heavy atom. The van der Waals surface area contributed by atoms with Crippen LogP contribution in [-0.2, 0) is 0 Å². The van der Waals surface area contributed by atoms with Crippen LogP contribution in [0, 0.1) is 5.82 Å². The number of aromatic nitrogens is 2. The van der Waals surface area contributed by atoms with Gasteiger partial charge in [-0.3, -0.25) is 0 Å². The molecule has 0 aliphatic rings. The lowest BCUT2D eigenvalue weighted by atomic mass is 10.2. The monoisotopic (exact) mass is 214 g/mol. The molecule has 2 heterocycles. The molecule has 0 N–H and O–H groups in total. The van der Waals surface area contributed by atoms with Crippen LogP contribution >= 0.6 is 22.9 Å². The highest BCUT2D eigenvalue weighted by Gasteiger charge is 2.08. The van der Waals surface area contributed by atoms with Crippen LogP contribution in [0.5, 0.6) is 0 Å². The molecule has 2 rings (SSSR count). The van der Waals surface area contributed by atoms with Crippen LogP contribution in [0.15, 0.2) is 23.0 Å². The van der Waals surface area contributed by atoms with E-state index in [4.69, 9.17) is 11.6 Å². The maximum Gasteiger partial charge on any atom is 0.223 e. The Morgan fingerprint density at radius 1 is 1.46 bits per heavy atom. The molecule has 0 amide bonds. The maximum absolute atomic E-state index is 13.2. The van der Waals surface area contributed by atoms with E-state index in [2.05, 4.69) is 9.97 Å². The molecule has 5 heteroatoms. The summed E-state index contributed by atoms with van der Waals surface area (Å²) in [4.78, 5) is 7.33. The first kappa shape index (κ1) is 8.59. The fraction of sp³-hybridized carbons (Fsp3) is 0. The van der Waals surface area contributed by atoms with Gasteiger partial charge in [-0.2, -0.15) is 11.3 Å². The Hall–Kier alpha value is -1.00. The lowest BCUT2D eigenvalue weighted by molar-refractivity contribution is 0.618. The summed E-state index contributed by atoms with van der Waals surface area (Å²) < 4.78 is 13.2. The van der Waals surface area contributed by atoms with Crippen LogP contribution in [0.3, 0.4) is 0 Å². The van der Waals surface area contributed by atoms with E-state index in [0.717, 1.165) is 11.8 Å². The molecular weight excluding hydrogens is 211 g/mol. The fourth-order valence-electron chi connectivity index (χ4n) is 0.947. The van der Waals surface area contributed by atoms with Crippen molar-refractivity contribution >= 4 is 22.9 Å². The van der Waals surface area contributed by atoms with Gasteiger partial charge in [0, 0.05) is 10.9 Å². The average Bonchev–Trinajstić information content (AvgIpc) is 2.61. The highest BCUT2D eigenvalue weighted by Crippen LogP contribution is 2.23. The summed E-state index contributed by atoms with van der Waals surface area (Å²) in [6.45, 7) is 0. The smallest absolute Gasteiger partial charge is 0.223 e. The van der Waals surface area contributed by atoms with E-state index in [1.165, 1.54) is 11.3 Å². The van der Waals surface area contributed by atoms with E-state index in [1.807, 2.05) is 10.8 Å². The van der Waals surface area contributed by atoms with Crippen LogP contribution in [0.4, 0.5) is 4.39 Å². The standard InChI is InChI=1S/C8H4ClFN2S/c9-8-11-3-6(10)7(12-8)5-1-2-13-4-5/h1-4H. The van der Waals surface area contributed by atoms with Crippen molar-refractivity contribution in [2.45, 2.75) is 0 Å². The molecule has 0 spiro atoms. The molecular formula is C8H4ClFN2S. The van der Waals surface area contributed by atoms with E-state index in [9.17, 15) is 4.39 Å². The number of thiophene rings is 1. The molecule has 0 unspecified atom stereocenters. The van der Waals surface area contributed by atoms with Gasteiger partial charge in [-0.15, -0.1) is 0 Å². The minimum absolute atomic E-state index is 0.0580. The van der Waals surface area contributed by atoms with Gasteiger partial charge in [0.1, 0.15) is 5.69 Å². The highest BCUT2D eigenvalue weighted by molar-refractivity contribution is 7.08. The molecule has 0 saturated heterocycles. The first-order chi connectivity index (χ1) is 6.27. The van der Waals surface area contributed by atoms with Crippen LogP contribution < -0.4 is 0 Å². The molecule has 2 nitrogen and oxygen atoms in total. The normalized spacial score (nSPS) is 10.3. The quantitative estimate of drug-likeness (QED) is 0.682. The predicted octanol–water partition coefficient (Wildman–Crippen LogP) is 3.00. The molecule has 0 bridgehead atoms. The van der Waals surface area contributed by atoms with E-state index in [1.54, 1.807) is 6.07 Å². The topological polar surface area (TPSA) is 25.8 Å². The average molecular weight is 215 g/mol. The molecule has 2 aromatic heterocycles. The lowest BCUT2D eigenvalue weighted by Crippen LogP contribution is -1.90. The predicted molar refractivity (Wildman–Crippen MR) is 50.3 cm³/mol. The molecule has 66 valence electrons. The summed E-state index contributed by atoms with van der Waals surface area (Å²) in [5.74, 6) is -0.456. The highest BCUT2D eigenvalue weighted by atomic mass is 35.5. The van der Waals surface area contributed by atoms with Crippen molar-refractivity contribution < 1.29 is 4.39 Å². The van der Waals surface area contributed by atoms with Crippen molar-refractivity contribution in [2.75, 3.05) is 0 Å². The summed E-state index contributed by atoms with van der Waals surface area (Å²) in [7, 11) is 0. The van der Waals surface area contributed by atoms with E-state index < -0.39 is 5.82 Å². The molecule has 0 aliphatic heterocycles. The Kier molecular flexibility index (Phi) is 2.24. The number of hydrogen-bond donors (Lipinski definition) is 0. The lowest BCUT2D eigenvalue weighted by Gasteiger charge is -1.98. The summed E-state index contributed by atoms with van der Waals surface area (Å²) in [6, 6.07) is 1.78. The van der Waals surface area contributed by atoms with Gasteiger partial charge in [-0.25, -0.2) is 14.4 Å². The largest absolute Gasteiger partial charge is 0.223 e. The van der Waals surface area contributed by atoms with Crippen molar-refractivity contribution in [3.05, 3.63) is 34.1 Å². The number of rotatable bonds is 1. The second-order valence-corrected chi connectivity index (χ2v) is 3.47. The van der Waals surface area contributed by atoms with Gasteiger partial charge in [-0.05, 0) is 23.0 Å². The maximum atomic E-state index is 13.2. The van der Waals surface area contributed by atoms with Crippen molar-refractivity contribution in [2.24, 2.45) is 0 Å². The van der Waals surface area contributed by atoms with Crippen LogP contribution in [0.2, 0.25) is 5.28 Å². The third kappa shape index (κ3) is 1.68. The molecule has 0 aliphatic carbocycles. The molecule has 0 radical (unpaired) electrons. The minimum Gasteiger partial charge on any atom is -0.223 e. The Labute approximate surface area is 83.0 Å². The van der Waals surface area contributed by atoms with Crippen molar-refractivity contribution in [3.63, 3.8) is 0 Å². The van der Waals surface area contributed by atoms with Gasteiger partial charge < -0.3 is 0 Å². The third-order valence-corrected chi connectivity index (χ3v) is 2.37. The molecule has 0 aromatic carbocycles. The van der Waals surface area contributed by atoms with Gasteiger partial charge >= 0.3 is 0 Å². The first-order valence-electron chi connectivity index (χ1n) is 3.48. The molecule has 0 atom stereocenters. The van der Waals surface area contributed by atoms with Gasteiger partial charge in [0.2, 0.25) is 5.28 Å². The van der Waals surface area contributed by atoms with E-state index in [0.29, 0.717) is 0 Å². The molecule has 0 saturated carbocycles. The van der Waals surface area contributed by atoms with Crippen molar-refractivity contribution in [3.8, 4) is 11.3 Å². The Morgan fingerprint density at radius 3 is 3.00 bits per heavy atom. The van der Waals surface area contributed by atoms with Crippen LogP contribution in [-0.4, -0.2) is 9.97 Å². The number of nitrogens with zero attached hydrogens (tertiary/aromatic N) is 2. The molecule has 2 aromatic rings. The second-order valence-electron chi connectivity index (χ2n) is 2.35. The molecule has 13 heavy (non-hydrogen) atoms.